The van der Waals surface area contributed by atoms with E-state index >= 15 is 0 Å². The van der Waals surface area contributed by atoms with E-state index in [2.05, 4.69) is 4.72 Å². The van der Waals surface area contributed by atoms with Gasteiger partial charge in [-0.15, -0.1) is 0 Å². The third kappa shape index (κ3) is 5.16. The first-order chi connectivity index (χ1) is 19.7. The van der Waals surface area contributed by atoms with Gasteiger partial charge in [0.1, 0.15) is 17.1 Å². The lowest BCUT2D eigenvalue weighted by Crippen LogP contribution is -2.42. The Morgan fingerprint density at radius 1 is 0.929 bits per heavy atom. The van der Waals surface area contributed by atoms with E-state index in [1.165, 1.54) is 42.5 Å². The normalized spacial score (nSPS) is 11.4. The molecule has 0 saturated carbocycles. The summed E-state index contributed by atoms with van der Waals surface area (Å²) in [6.07, 6.45) is 0. The predicted molar refractivity (Wildman–Crippen MR) is 154 cm³/mol. The number of aromatic nitrogens is 4. The molecule has 14 nitrogen and oxygen atoms in total. The fourth-order valence-electron chi connectivity index (χ4n) is 4.27. The van der Waals surface area contributed by atoms with Crippen molar-refractivity contribution >= 4 is 33.3 Å². The molecule has 0 unspecified atom stereocenters. The summed E-state index contributed by atoms with van der Waals surface area (Å²) in [5.74, 6) is -2.38. The van der Waals surface area contributed by atoms with Crippen LogP contribution in [0.15, 0.2) is 67.8 Å². The number of nitrogens with zero attached hydrogens (tertiary/aromatic N) is 4. The van der Waals surface area contributed by atoms with Gasteiger partial charge in [-0.05, 0) is 43.7 Å². The molecule has 0 amide bonds. The van der Waals surface area contributed by atoms with E-state index in [0.717, 1.165) is 10.6 Å². The number of nitrogens with two attached hydrogens (primary N) is 1. The van der Waals surface area contributed by atoms with Crippen molar-refractivity contribution in [1.29, 1.82) is 0 Å². The van der Waals surface area contributed by atoms with Crippen LogP contribution in [-0.4, -0.2) is 45.3 Å². The molecule has 220 valence electrons. The molecule has 0 saturated heterocycles. The van der Waals surface area contributed by atoms with E-state index in [9.17, 15) is 32.4 Å². The van der Waals surface area contributed by atoms with Gasteiger partial charge in [0.25, 0.3) is 21.1 Å². The van der Waals surface area contributed by atoms with Crippen LogP contribution >= 0.6 is 0 Å². The first kappa shape index (κ1) is 29.8. The van der Waals surface area contributed by atoms with Gasteiger partial charge < -0.3 is 10.5 Å². The minimum Gasteiger partial charge on any atom is -0.454 e. The average molecular weight is 597 g/mol. The number of Topliss-reactive ketones (excluding diaryl/α,β-unsaturated/α-hetero) is 1. The van der Waals surface area contributed by atoms with Gasteiger partial charge in [0.2, 0.25) is 5.78 Å². The Morgan fingerprint density at radius 2 is 1.57 bits per heavy atom. The number of carbonyl (C=O) groups excluding carboxylic acids is 2. The lowest BCUT2D eigenvalue weighted by atomic mass is 10.1. The van der Waals surface area contributed by atoms with E-state index in [-0.39, 0.29) is 22.0 Å². The van der Waals surface area contributed by atoms with Gasteiger partial charge in [0.15, 0.2) is 6.61 Å². The minimum atomic E-state index is -4.36. The number of hydrogen-bond donors (Lipinski definition) is 2. The van der Waals surface area contributed by atoms with Gasteiger partial charge in [-0.25, -0.2) is 22.7 Å². The average Bonchev–Trinajstić information content (AvgIpc) is 3.16. The number of ether oxygens (including phenoxy) is 1. The van der Waals surface area contributed by atoms with Crippen LogP contribution in [0.25, 0.3) is 5.69 Å². The van der Waals surface area contributed by atoms with Crippen molar-refractivity contribution in [3.05, 3.63) is 102 Å². The molecule has 0 aliphatic carbocycles. The summed E-state index contributed by atoms with van der Waals surface area (Å²) < 4.78 is 38.5. The summed E-state index contributed by atoms with van der Waals surface area (Å²) in [6, 6.07) is 12.3. The van der Waals surface area contributed by atoms with Crippen LogP contribution in [0.5, 0.6) is 0 Å². The number of ketones is 1. The van der Waals surface area contributed by atoms with Crippen molar-refractivity contribution < 1.29 is 22.7 Å². The van der Waals surface area contributed by atoms with Gasteiger partial charge >= 0.3 is 11.7 Å². The van der Waals surface area contributed by atoms with Crippen LogP contribution in [0, 0.1) is 13.8 Å². The number of nitrogen functional groups attached to an aromatic ring is 1. The molecule has 0 aliphatic rings. The molecule has 0 bridgehead atoms. The number of aryl methyl sites for hydroxylation is 1. The molecule has 0 fully saturated rings. The molecule has 0 spiro atoms. The Labute approximate surface area is 239 Å². The smallest absolute Gasteiger partial charge is 0.338 e. The maximum Gasteiger partial charge on any atom is 0.338 e. The van der Waals surface area contributed by atoms with Crippen molar-refractivity contribution in [1.82, 2.24) is 18.5 Å². The van der Waals surface area contributed by atoms with E-state index in [0.29, 0.717) is 21.5 Å². The second kappa shape index (κ2) is 11.0. The van der Waals surface area contributed by atoms with Crippen LogP contribution < -0.4 is 27.3 Å². The van der Waals surface area contributed by atoms with E-state index in [1.54, 1.807) is 44.3 Å². The molecule has 0 radical (unpaired) electrons. The Hall–Kier alpha value is -5.18. The summed E-state index contributed by atoms with van der Waals surface area (Å²) in [7, 11) is -0.302. The highest BCUT2D eigenvalue weighted by Gasteiger charge is 2.26. The summed E-state index contributed by atoms with van der Waals surface area (Å²) in [5.41, 5.74) is 3.85. The van der Waals surface area contributed by atoms with Gasteiger partial charge in [0, 0.05) is 21.1 Å². The molecule has 15 heteroatoms. The zero-order chi connectivity index (χ0) is 31.1. The molecule has 4 aromatic rings. The first-order valence-corrected chi connectivity index (χ1v) is 13.9. The Kier molecular flexibility index (Phi) is 7.81. The van der Waals surface area contributed by atoms with Crippen molar-refractivity contribution in [3.8, 4) is 5.69 Å². The van der Waals surface area contributed by atoms with Gasteiger partial charge in [-0.1, -0.05) is 24.3 Å². The predicted octanol–water partition coefficient (Wildman–Crippen LogP) is 0.613. The zero-order valence-corrected chi connectivity index (χ0v) is 24.2. The van der Waals surface area contributed by atoms with Crippen molar-refractivity contribution in [3.63, 3.8) is 0 Å². The summed E-state index contributed by atoms with van der Waals surface area (Å²) in [6.45, 7) is 2.22. The number of rotatable bonds is 8. The molecule has 0 atom stereocenters. The first-order valence-electron chi connectivity index (χ1n) is 12.4. The standard InChI is InChI=1S/C27H28N6O8S/c1-15-11-12-18(42(39,40)29-22-16(2)32(5)33(25(22)36)17-9-7-6-8-10-17)13-19(15)26(37)41-14-20(34)21-23(28)30(3)27(38)31(4)24(21)35/h6-13,29H,14,28H2,1-5H3. The Morgan fingerprint density at radius 3 is 2.21 bits per heavy atom. The Bertz CT molecular complexity index is 2040. The number of para-hydroxylation sites is 1. The molecule has 2 aromatic heterocycles. The van der Waals surface area contributed by atoms with Crippen molar-refractivity contribution in [2.24, 2.45) is 21.1 Å². The number of sulfonamides is 1. The van der Waals surface area contributed by atoms with E-state index < -0.39 is 50.8 Å². The van der Waals surface area contributed by atoms with Crippen molar-refractivity contribution in [2.45, 2.75) is 18.7 Å². The SMILES string of the molecule is Cc1ccc(S(=O)(=O)Nc2c(C)n(C)n(-c3ccccc3)c2=O)cc1C(=O)OCC(=O)c1c(N)n(C)c(=O)n(C)c1=O. The zero-order valence-electron chi connectivity index (χ0n) is 23.4. The minimum absolute atomic E-state index is 0.168. The van der Waals surface area contributed by atoms with Crippen molar-refractivity contribution in [2.75, 3.05) is 17.1 Å². The number of hydrogen-bond acceptors (Lipinski definition) is 9. The fraction of sp³-hybridized carbons (Fsp3) is 0.222. The highest BCUT2D eigenvalue weighted by Crippen LogP contribution is 2.22. The second-order valence-electron chi connectivity index (χ2n) is 9.48. The molecule has 2 heterocycles. The number of anilines is 2. The molecule has 4 rings (SSSR count). The Balaban J connectivity index is 1.60. The third-order valence-corrected chi connectivity index (χ3v) is 8.20. The van der Waals surface area contributed by atoms with E-state index in [1.807, 2.05) is 0 Å². The van der Waals surface area contributed by atoms with Crippen LogP contribution in [0.2, 0.25) is 0 Å². The second-order valence-corrected chi connectivity index (χ2v) is 11.2. The molecule has 42 heavy (non-hydrogen) atoms. The van der Waals surface area contributed by atoms with Crippen LogP contribution in [-0.2, 0) is 35.9 Å². The lowest BCUT2D eigenvalue weighted by Gasteiger charge is -2.12. The van der Waals surface area contributed by atoms with Crippen LogP contribution in [0.4, 0.5) is 11.5 Å². The molecule has 2 aromatic carbocycles. The summed E-state index contributed by atoms with van der Waals surface area (Å²) >= 11 is 0. The number of carbonyl (C=O) groups is 2. The fourth-order valence-corrected chi connectivity index (χ4v) is 5.41. The quantitative estimate of drug-likeness (QED) is 0.217. The highest BCUT2D eigenvalue weighted by molar-refractivity contribution is 7.92. The van der Waals surface area contributed by atoms with Crippen LogP contribution in [0.1, 0.15) is 32.0 Å². The lowest BCUT2D eigenvalue weighted by molar-refractivity contribution is 0.0473. The largest absolute Gasteiger partial charge is 0.454 e. The van der Waals surface area contributed by atoms with Gasteiger partial charge in [0.05, 0.1) is 21.8 Å². The maximum atomic E-state index is 13.3. The van der Waals surface area contributed by atoms with Crippen LogP contribution in [0.3, 0.4) is 0 Å². The molecule has 0 aliphatic heterocycles. The van der Waals surface area contributed by atoms with Gasteiger partial charge in [-0.3, -0.25) is 32.9 Å². The molecular weight excluding hydrogens is 568 g/mol. The third-order valence-electron chi connectivity index (χ3n) is 6.85. The topological polar surface area (TPSA) is 186 Å². The maximum absolute atomic E-state index is 13.3. The van der Waals surface area contributed by atoms with Gasteiger partial charge in [-0.2, -0.15) is 0 Å². The summed E-state index contributed by atoms with van der Waals surface area (Å²) in [5, 5.41) is 0. The summed E-state index contributed by atoms with van der Waals surface area (Å²) in [4.78, 5) is 62.9. The number of esters is 1. The highest BCUT2D eigenvalue weighted by atomic mass is 32.2. The number of benzene rings is 2. The monoisotopic (exact) mass is 596 g/mol. The number of nitrogens with one attached hydrogen (secondary N) is 1. The van der Waals surface area contributed by atoms with E-state index in [4.69, 9.17) is 10.5 Å². The molecule has 3 N–H and O–H groups in total. The molecular formula is C27H28N6O8S.